The van der Waals surface area contributed by atoms with Crippen LogP contribution in [0, 0.1) is 0 Å². The maximum absolute atomic E-state index is 12.9. The van der Waals surface area contributed by atoms with Gasteiger partial charge in [0, 0.05) is 19.3 Å². The smallest absolute Gasteiger partial charge is 0.306 e. The number of carbonyl (C=O) groups is 3. The fraction of sp³-hybridized carbons (Fsp3) is 0.716. The predicted octanol–water partition coefficient (Wildman–Crippen LogP) is 23.4. The molecule has 0 aromatic carbocycles. The number of rotatable bonds is 61. The average Bonchev–Trinajstić information content (AvgIpc) is 3.46. The quantitative estimate of drug-likeness (QED) is 0.0261. The third kappa shape index (κ3) is 64.9. The van der Waals surface area contributed by atoms with Gasteiger partial charge in [-0.3, -0.25) is 14.4 Å². The van der Waals surface area contributed by atoms with Gasteiger partial charge in [0.25, 0.3) is 0 Å². The standard InChI is InChI=1S/C74H126O6/c1-4-7-10-13-16-19-22-25-28-31-34-36-37-39-40-43-46-49-52-55-58-61-64-67-73(76)79-70-71(69-78-72(75)66-63-60-57-54-51-48-45-42-33-30-27-24-21-18-15-12-9-6-3)80-74(77)68-65-62-59-56-53-50-47-44-41-38-35-32-29-26-23-20-17-14-11-8-5-2/h8,11,17,20,22,25-26,29-31,33-35,38,44,47,53,56,71H,4-7,9-10,12-16,18-19,21,23-24,27-28,32,36-37,39-43,45-46,48-52,54-55,57-70H2,1-3H3/b11-8-,20-17-,25-22-,29-26-,33-30-,34-31-,38-35-,47-44-,56-53-. The lowest BCUT2D eigenvalue weighted by Gasteiger charge is -2.18. The number of esters is 3. The molecule has 0 aromatic rings. The fourth-order valence-electron chi connectivity index (χ4n) is 9.41. The predicted molar refractivity (Wildman–Crippen MR) is 348 cm³/mol. The van der Waals surface area contributed by atoms with Crippen LogP contribution in [0.3, 0.4) is 0 Å². The van der Waals surface area contributed by atoms with Crippen LogP contribution in [0.15, 0.2) is 109 Å². The number of hydrogen-bond acceptors (Lipinski definition) is 6. The Balaban J connectivity index is 4.45. The van der Waals surface area contributed by atoms with Crippen molar-refractivity contribution >= 4 is 17.9 Å². The van der Waals surface area contributed by atoms with E-state index in [1.165, 1.54) is 180 Å². The molecule has 458 valence electrons. The molecule has 0 aliphatic carbocycles. The van der Waals surface area contributed by atoms with Crippen molar-refractivity contribution in [1.29, 1.82) is 0 Å². The molecule has 0 rings (SSSR count). The molecule has 1 atom stereocenters. The van der Waals surface area contributed by atoms with Gasteiger partial charge in [-0.25, -0.2) is 0 Å². The topological polar surface area (TPSA) is 78.9 Å². The van der Waals surface area contributed by atoms with Crippen LogP contribution in [0.2, 0.25) is 0 Å². The number of hydrogen-bond donors (Lipinski definition) is 0. The molecule has 0 heterocycles. The minimum Gasteiger partial charge on any atom is -0.462 e. The lowest BCUT2D eigenvalue weighted by molar-refractivity contribution is -0.167. The molecule has 0 fully saturated rings. The average molecular weight is 1110 g/mol. The summed E-state index contributed by atoms with van der Waals surface area (Å²) < 4.78 is 16.9. The monoisotopic (exact) mass is 1110 g/mol. The molecule has 0 radical (unpaired) electrons. The molecule has 0 saturated heterocycles. The number of ether oxygens (including phenoxy) is 3. The van der Waals surface area contributed by atoms with Crippen LogP contribution in [0.4, 0.5) is 0 Å². The molecular formula is C74H126O6. The SMILES string of the molecule is CC/C=C\C/C=C\C/C=C\C/C=C\C/C=C\C/C=C\CCCCC(=O)OC(COC(=O)CCCCCCCCC/C=C\CCCCCCCCC)COC(=O)CCCCCCCCCCCCC/C=C\C/C=C\CCCCCCC. The molecule has 6 nitrogen and oxygen atoms in total. The highest BCUT2D eigenvalue weighted by Crippen LogP contribution is 2.16. The first-order valence-corrected chi connectivity index (χ1v) is 33.9. The number of unbranched alkanes of at least 4 members (excludes halogenated alkanes) is 32. The van der Waals surface area contributed by atoms with Crippen LogP contribution in [0.1, 0.15) is 323 Å². The normalized spacial score (nSPS) is 12.8. The molecule has 0 amide bonds. The van der Waals surface area contributed by atoms with Gasteiger partial charge >= 0.3 is 17.9 Å². The molecule has 0 aliphatic rings. The second-order valence-corrected chi connectivity index (χ2v) is 22.3. The zero-order valence-electron chi connectivity index (χ0n) is 52.6. The van der Waals surface area contributed by atoms with Crippen LogP contribution in [-0.4, -0.2) is 37.2 Å². The summed E-state index contributed by atoms with van der Waals surface area (Å²) in [5.74, 6) is -0.938. The molecule has 0 saturated carbocycles. The highest BCUT2D eigenvalue weighted by molar-refractivity contribution is 5.71. The van der Waals surface area contributed by atoms with Gasteiger partial charge in [0.05, 0.1) is 0 Å². The van der Waals surface area contributed by atoms with Crippen molar-refractivity contribution in [3.8, 4) is 0 Å². The largest absolute Gasteiger partial charge is 0.462 e. The van der Waals surface area contributed by atoms with Crippen molar-refractivity contribution in [3.05, 3.63) is 109 Å². The van der Waals surface area contributed by atoms with Crippen molar-refractivity contribution < 1.29 is 28.6 Å². The minimum atomic E-state index is -0.808. The Kier molecular flexibility index (Phi) is 64.3. The fourth-order valence-corrected chi connectivity index (χ4v) is 9.41. The molecule has 1 unspecified atom stereocenters. The van der Waals surface area contributed by atoms with Gasteiger partial charge in [0.2, 0.25) is 0 Å². The summed E-state index contributed by atoms with van der Waals surface area (Å²) in [5.41, 5.74) is 0. The highest BCUT2D eigenvalue weighted by atomic mass is 16.6. The summed E-state index contributed by atoms with van der Waals surface area (Å²) in [6.07, 6.45) is 92.4. The van der Waals surface area contributed by atoms with E-state index in [1.54, 1.807) is 0 Å². The summed E-state index contributed by atoms with van der Waals surface area (Å²) >= 11 is 0. The van der Waals surface area contributed by atoms with Crippen molar-refractivity contribution in [2.24, 2.45) is 0 Å². The molecule has 0 aliphatic heterocycles. The third-order valence-electron chi connectivity index (χ3n) is 14.5. The number of carbonyl (C=O) groups excluding carboxylic acids is 3. The Morgan fingerprint density at radius 2 is 0.487 bits per heavy atom. The molecule has 80 heavy (non-hydrogen) atoms. The zero-order valence-corrected chi connectivity index (χ0v) is 52.6. The summed E-state index contributed by atoms with van der Waals surface area (Å²) in [4.78, 5) is 38.4. The van der Waals surface area contributed by atoms with E-state index in [0.717, 1.165) is 96.3 Å². The number of allylic oxidation sites excluding steroid dienone is 18. The molecular weight excluding hydrogens is 985 g/mol. The van der Waals surface area contributed by atoms with Gasteiger partial charge in [0.15, 0.2) is 6.10 Å². The highest BCUT2D eigenvalue weighted by Gasteiger charge is 2.19. The Hall–Kier alpha value is -3.93. The van der Waals surface area contributed by atoms with Crippen LogP contribution in [-0.2, 0) is 28.6 Å². The van der Waals surface area contributed by atoms with Crippen molar-refractivity contribution in [2.45, 2.75) is 329 Å². The van der Waals surface area contributed by atoms with E-state index in [9.17, 15) is 14.4 Å². The Morgan fingerprint density at radius 3 is 0.800 bits per heavy atom. The lowest BCUT2D eigenvalue weighted by Crippen LogP contribution is -2.30. The van der Waals surface area contributed by atoms with Gasteiger partial charge in [0.1, 0.15) is 13.2 Å². The Morgan fingerprint density at radius 1 is 0.263 bits per heavy atom. The summed E-state index contributed by atoms with van der Waals surface area (Å²) in [6, 6.07) is 0. The van der Waals surface area contributed by atoms with Crippen LogP contribution < -0.4 is 0 Å². The van der Waals surface area contributed by atoms with Gasteiger partial charge in [-0.15, -0.1) is 0 Å². The Labute approximate surface area is 495 Å². The van der Waals surface area contributed by atoms with E-state index in [2.05, 4.69) is 130 Å². The summed E-state index contributed by atoms with van der Waals surface area (Å²) in [5, 5.41) is 0. The van der Waals surface area contributed by atoms with E-state index >= 15 is 0 Å². The maximum atomic E-state index is 12.9. The molecule has 6 heteroatoms. The maximum Gasteiger partial charge on any atom is 0.306 e. The molecule has 0 spiro atoms. The Bertz CT molecular complexity index is 1610. The first-order valence-electron chi connectivity index (χ1n) is 33.9. The van der Waals surface area contributed by atoms with Crippen molar-refractivity contribution in [1.82, 2.24) is 0 Å². The first kappa shape index (κ1) is 76.1. The van der Waals surface area contributed by atoms with E-state index < -0.39 is 6.10 Å². The van der Waals surface area contributed by atoms with Crippen molar-refractivity contribution in [2.75, 3.05) is 13.2 Å². The van der Waals surface area contributed by atoms with Crippen LogP contribution in [0.25, 0.3) is 0 Å². The van der Waals surface area contributed by atoms with Crippen LogP contribution >= 0.6 is 0 Å². The van der Waals surface area contributed by atoms with E-state index in [-0.39, 0.29) is 37.5 Å². The second-order valence-electron chi connectivity index (χ2n) is 22.3. The summed E-state index contributed by atoms with van der Waals surface area (Å²) in [6.45, 7) is 6.51. The second kappa shape index (κ2) is 67.6. The van der Waals surface area contributed by atoms with Crippen LogP contribution in [0.5, 0.6) is 0 Å². The van der Waals surface area contributed by atoms with Gasteiger partial charge in [-0.2, -0.15) is 0 Å². The van der Waals surface area contributed by atoms with Gasteiger partial charge in [-0.05, 0) is 128 Å². The van der Waals surface area contributed by atoms with E-state index in [4.69, 9.17) is 14.2 Å². The zero-order chi connectivity index (χ0) is 57.8. The molecule has 0 aromatic heterocycles. The molecule has 0 N–H and O–H groups in total. The molecule has 0 bridgehead atoms. The van der Waals surface area contributed by atoms with Gasteiger partial charge < -0.3 is 14.2 Å². The van der Waals surface area contributed by atoms with Crippen molar-refractivity contribution in [3.63, 3.8) is 0 Å². The first-order chi connectivity index (χ1) is 39.5. The lowest BCUT2D eigenvalue weighted by atomic mass is 10.0. The summed E-state index contributed by atoms with van der Waals surface area (Å²) in [7, 11) is 0. The third-order valence-corrected chi connectivity index (χ3v) is 14.5. The van der Waals surface area contributed by atoms with Gasteiger partial charge in [-0.1, -0.05) is 284 Å². The van der Waals surface area contributed by atoms with E-state index in [0.29, 0.717) is 19.3 Å². The van der Waals surface area contributed by atoms with E-state index in [1.807, 2.05) is 0 Å². The minimum absolute atomic E-state index is 0.0982.